The predicted molar refractivity (Wildman–Crippen MR) is 80.9 cm³/mol. The maximum Gasteiger partial charge on any atom is 0.335 e. The molecule has 3 aromatic rings. The highest BCUT2D eigenvalue weighted by Crippen LogP contribution is 2.33. The number of pyridine rings is 1. The van der Waals surface area contributed by atoms with Crippen molar-refractivity contribution in [2.24, 2.45) is 0 Å². The summed E-state index contributed by atoms with van der Waals surface area (Å²) in [5.74, 6) is -0.752. The molecule has 4 nitrogen and oxygen atoms in total. The van der Waals surface area contributed by atoms with Gasteiger partial charge in [-0.15, -0.1) is 0 Å². The fraction of sp³-hybridized carbons (Fsp3) is 0. The van der Waals surface area contributed by atoms with Crippen LogP contribution in [0.15, 0.2) is 64.6 Å². The minimum Gasteiger partial charge on any atom is -0.508 e. The third-order valence-electron chi connectivity index (χ3n) is 3.03. The Morgan fingerprint density at radius 2 is 1.81 bits per heavy atom. The second-order valence-corrected chi connectivity index (χ2v) is 5.52. The number of rotatable bonds is 3. The molecule has 2 N–H and O–H groups in total. The van der Waals surface area contributed by atoms with E-state index in [0.29, 0.717) is 0 Å². The van der Waals surface area contributed by atoms with Crippen molar-refractivity contribution >= 4 is 28.5 Å². The quantitative estimate of drug-likeness (QED) is 0.769. The van der Waals surface area contributed by atoms with Crippen LogP contribution in [-0.2, 0) is 0 Å². The van der Waals surface area contributed by atoms with Crippen LogP contribution < -0.4 is 0 Å². The fourth-order valence-corrected chi connectivity index (χ4v) is 2.88. The summed E-state index contributed by atoms with van der Waals surface area (Å²) in [6.07, 6.45) is 1.72. The number of aromatic carboxylic acids is 1. The van der Waals surface area contributed by atoms with Crippen molar-refractivity contribution in [2.45, 2.75) is 9.92 Å². The van der Waals surface area contributed by atoms with Crippen LogP contribution in [0, 0.1) is 0 Å². The van der Waals surface area contributed by atoms with E-state index in [1.165, 1.54) is 11.8 Å². The molecule has 0 atom stereocenters. The Balaban J connectivity index is 1.97. The molecular formula is C16H11NO3S. The zero-order valence-electron chi connectivity index (χ0n) is 10.9. The summed E-state index contributed by atoms with van der Waals surface area (Å²) in [6, 6.07) is 13.7. The van der Waals surface area contributed by atoms with Gasteiger partial charge in [0.1, 0.15) is 10.8 Å². The van der Waals surface area contributed by atoms with E-state index in [1.807, 2.05) is 12.1 Å². The van der Waals surface area contributed by atoms with E-state index < -0.39 is 5.97 Å². The van der Waals surface area contributed by atoms with Crippen molar-refractivity contribution in [1.82, 2.24) is 4.98 Å². The van der Waals surface area contributed by atoms with E-state index >= 15 is 0 Å². The van der Waals surface area contributed by atoms with E-state index in [4.69, 9.17) is 5.11 Å². The van der Waals surface area contributed by atoms with E-state index in [0.717, 1.165) is 20.7 Å². The van der Waals surface area contributed by atoms with Crippen molar-refractivity contribution in [2.75, 3.05) is 0 Å². The molecule has 0 aliphatic rings. The predicted octanol–water partition coefficient (Wildman–Crippen LogP) is 3.79. The van der Waals surface area contributed by atoms with Gasteiger partial charge in [0.2, 0.25) is 0 Å². The van der Waals surface area contributed by atoms with Gasteiger partial charge >= 0.3 is 5.97 Å². The first kappa shape index (κ1) is 13.5. The average molecular weight is 297 g/mol. The lowest BCUT2D eigenvalue weighted by Crippen LogP contribution is -1.94. The van der Waals surface area contributed by atoms with Gasteiger partial charge in [0.05, 0.1) is 5.56 Å². The van der Waals surface area contributed by atoms with Crippen molar-refractivity contribution in [3.63, 3.8) is 0 Å². The number of phenols is 1. The largest absolute Gasteiger partial charge is 0.508 e. The Labute approximate surface area is 125 Å². The van der Waals surface area contributed by atoms with E-state index in [9.17, 15) is 9.90 Å². The summed E-state index contributed by atoms with van der Waals surface area (Å²) in [5, 5.41) is 21.1. The number of carboxylic acids is 1. The number of hydrogen-bond donors (Lipinski definition) is 2. The molecule has 0 radical (unpaired) electrons. The van der Waals surface area contributed by atoms with E-state index in [2.05, 4.69) is 4.98 Å². The van der Waals surface area contributed by atoms with Crippen molar-refractivity contribution in [3.8, 4) is 5.75 Å². The third kappa shape index (κ3) is 2.83. The molecule has 1 aromatic heterocycles. The molecule has 1 heterocycles. The molecule has 0 unspecified atom stereocenters. The summed E-state index contributed by atoms with van der Waals surface area (Å²) in [6.45, 7) is 0. The first-order chi connectivity index (χ1) is 10.1. The minimum absolute atomic E-state index is 0.193. The van der Waals surface area contributed by atoms with Gasteiger partial charge in [-0.05, 0) is 47.9 Å². The Kier molecular flexibility index (Phi) is 3.50. The van der Waals surface area contributed by atoms with Gasteiger partial charge in [-0.1, -0.05) is 17.8 Å². The average Bonchev–Trinajstić information content (AvgIpc) is 2.48. The maximum absolute atomic E-state index is 10.8. The smallest absolute Gasteiger partial charge is 0.335 e. The van der Waals surface area contributed by atoms with Gasteiger partial charge in [0.25, 0.3) is 0 Å². The number of benzene rings is 2. The molecule has 2 aromatic carbocycles. The third-order valence-corrected chi connectivity index (χ3v) is 4.06. The molecule has 0 amide bonds. The first-order valence-electron chi connectivity index (χ1n) is 6.22. The number of phenolic OH excluding ortho intramolecular Hbond substituents is 1. The highest BCUT2D eigenvalue weighted by Gasteiger charge is 2.07. The number of hydrogen-bond acceptors (Lipinski definition) is 4. The summed E-state index contributed by atoms with van der Waals surface area (Å²) >= 11 is 1.43. The lowest BCUT2D eigenvalue weighted by Gasteiger charge is -2.06. The Morgan fingerprint density at radius 1 is 1.05 bits per heavy atom. The molecule has 5 heteroatoms. The molecule has 0 saturated heterocycles. The van der Waals surface area contributed by atoms with Gasteiger partial charge < -0.3 is 10.2 Å². The number of fused-ring (bicyclic) bond motifs is 1. The van der Waals surface area contributed by atoms with Gasteiger partial charge in [-0.2, -0.15) is 0 Å². The van der Waals surface area contributed by atoms with Crippen molar-refractivity contribution in [3.05, 3.63) is 60.3 Å². The molecule has 21 heavy (non-hydrogen) atoms. The second kappa shape index (κ2) is 5.46. The number of aromatic hydroxyl groups is 1. The van der Waals surface area contributed by atoms with Crippen LogP contribution in [0.1, 0.15) is 10.4 Å². The van der Waals surface area contributed by atoms with Crippen LogP contribution in [0.3, 0.4) is 0 Å². The zero-order valence-corrected chi connectivity index (χ0v) is 11.7. The van der Waals surface area contributed by atoms with Crippen LogP contribution >= 0.6 is 11.8 Å². The van der Waals surface area contributed by atoms with Gasteiger partial charge in [-0.25, -0.2) is 9.78 Å². The first-order valence-corrected chi connectivity index (χ1v) is 7.04. The van der Waals surface area contributed by atoms with E-state index in [-0.39, 0.29) is 11.3 Å². The molecule has 0 fully saturated rings. The standard InChI is InChI=1S/C16H11NO3S/c18-12-4-1-10-7-8-17-15(14(10)9-12)21-13-5-2-11(3-6-13)16(19)20/h1-9,18H,(H,19,20). The Bertz CT molecular complexity index is 815. The highest BCUT2D eigenvalue weighted by molar-refractivity contribution is 7.99. The number of aromatic nitrogens is 1. The number of carbonyl (C=O) groups is 1. The lowest BCUT2D eigenvalue weighted by atomic mass is 10.2. The molecule has 0 spiro atoms. The van der Waals surface area contributed by atoms with Gasteiger partial charge in [0.15, 0.2) is 0 Å². The molecule has 104 valence electrons. The molecule has 0 saturated carbocycles. The normalized spacial score (nSPS) is 10.7. The van der Waals surface area contributed by atoms with E-state index in [1.54, 1.807) is 42.6 Å². The SMILES string of the molecule is O=C(O)c1ccc(Sc2nccc3ccc(O)cc23)cc1. The minimum atomic E-state index is -0.945. The van der Waals surface area contributed by atoms with Gasteiger partial charge in [-0.3, -0.25) is 0 Å². The topological polar surface area (TPSA) is 70.4 Å². The number of carboxylic acid groups (broad SMARTS) is 1. The summed E-state index contributed by atoms with van der Waals surface area (Å²) in [7, 11) is 0. The molecule has 0 aliphatic carbocycles. The van der Waals surface area contributed by atoms with Crippen molar-refractivity contribution in [1.29, 1.82) is 0 Å². The lowest BCUT2D eigenvalue weighted by molar-refractivity contribution is 0.0697. The molecule has 0 aliphatic heterocycles. The molecule has 3 rings (SSSR count). The summed E-state index contributed by atoms with van der Waals surface area (Å²) in [5.41, 5.74) is 0.253. The van der Waals surface area contributed by atoms with Gasteiger partial charge in [0, 0.05) is 16.5 Å². The Morgan fingerprint density at radius 3 is 2.52 bits per heavy atom. The summed E-state index contributed by atoms with van der Waals surface area (Å²) < 4.78 is 0. The van der Waals surface area contributed by atoms with Crippen LogP contribution in [-0.4, -0.2) is 21.2 Å². The second-order valence-electron chi connectivity index (χ2n) is 4.45. The molecule has 0 bridgehead atoms. The summed E-state index contributed by atoms with van der Waals surface area (Å²) in [4.78, 5) is 16.1. The van der Waals surface area contributed by atoms with Crippen molar-refractivity contribution < 1.29 is 15.0 Å². The van der Waals surface area contributed by atoms with Crippen LogP contribution in [0.25, 0.3) is 10.8 Å². The maximum atomic E-state index is 10.8. The van der Waals surface area contributed by atoms with Crippen LogP contribution in [0.2, 0.25) is 0 Å². The number of nitrogens with zero attached hydrogens (tertiary/aromatic N) is 1. The Hall–Kier alpha value is -2.53. The zero-order chi connectivity index (χ0) is 14.8. The van der Waals surface area contributed by atoms with Crippen LogP contribution in [0.4, 0.5) is 0 Å². The molecular weight excluding hydrogens is 286 g/mol. The monoisotopic (exact) mass is 297 g/mol. The fourth-order valence-electron chi connectivity index (χ4n) is 1.99. The highest BCUT2D eigenvalue weighted by atomic mass is 32.2. The van der Waals surface area contributed by atoms with Crippen LogP contribution in [0.5, 0.6) is 5.75 Å².